The van der Waals surface area contributed by atoms with Crippen LogP contribution in [0.15, 0.2) is 140 Å². The summed E-state index contributed by atoms with van der Waals surface area (Å²) >= 11 is 0. The maximum atomic E-state index is 5.09. The smallest absolute Gasteiger partial charge is 0.164 e. The van der Waals surface area contributed by atoms with Crippen molar-refractivity contribution >= 4 is 0 Å². The van der Waals surface area contributed by atoms with Crippen molar-refractivity contribution < 1.29 is 0 Å². The minimum Gasteiger partial charge on any atom is -0.264 e. The molecule has 0 unspecified atom stereocenters. The highest BCUT2D eigenvalue weighted by Crippen LogP contribution is 2.69. The van der Waals surface area contributed by atoms with Gasteiger partial charge in [0.2, 0.25) is 0 Å². The predicted octanol–water partition coefficient (Wildman–Crippen LogP) is 10.7. The Labute approximate surface area is 303 Å². The third-order valence-electron chi connectivity index (χ3n) is 12.7. The SMILES string of the molecule is c1ccc(-c2ccc(-c3nc(-c4ccccc4)nc(-c4ccc(-c5cc6c(cn5)-c5cnccc5C65C6CC7CC(C6)CC5C7)cc4)n3)cc2)cc1. The highest BCUT2D eigenvalue weighted by molar-refractivity contribution is 5.83. The molecule has 0 radical (unpaired) electrons. The fraction of sp³-hybridized carbons (Fsp3) is 0.213. The second-order valence-electron chi connectivity index (χ2n) is 15.4. The van der Waals surface area contributed by atoms with Crippen molar-refractivity contribution in [2.45, 2.75) is 37.5 Å². The maximum Gasteiger partial charge on any atom is 0.164 e. The Balaban J connectivity index is 0.968. The molecule has 5 aliphatic carbocycles. The molecule has 4 saturated carbocycles. The summed E-state index contributed by atoms with van der Waals surface area (Å²) < 4.78 is 0. The van der Waals surface area contributed by atoms with Gasteiger partial charge in [-0.1, -0.05) is 109 Å². The molecule has 250 valence electrons. The van der Waals surface area contributed by atoms with Gasteiger partial charge < -0.3 is 0 Å². The van der Waals surface area contributed by atoms with Crippen LogP contribution in [0.1, 0.15) is 43.2 Å². The number of pyridine rings is 2. The molecule has 0 saturated heterocycles. The Hall–Kier alpha value is -5.81. The standard InChI is InChI=1S/C47H37N5/c1-3-7-31(8-4-1)32-11-15-35(16-12-32)45-50-44(34-9-5-2-6-10-34)51-46(52-45)36-17-13-33(14-18-36)43-26-42-40(28-49-43)39-27-48-20-19-41(39)47(42)37-22-29-21-30(24-37)25-38(47)23-29/h1-20,26-30,37-38H,21-25H2. The Kier molecular flexibility index (Phi) is 6.67. The molecule has 5 nitrogen and oxygen atoms in total. The number of fused-ring (bicyclic) bond motifs is 3. The Morgan fingerprint density at radius 3 is 1.52 bits per heavy atom. The fourth-order valence-electron chi connectivity index (χ4n) is 10.7. The molecule has 1 spiro atoms. The number of hydrogen-bond donors (Lipinski definition) is 0. The second-order valence-corrected chi connectivity index (χ2v) is 15.4. The first kappa shape index (κ1) is 29.9. The van der Waals surface area contributed by atoms with E-state index in [4.69, 9.17) is 19.9 Å². The predicted molar refractivity (Wildman–Crippen MR) is 206 cm³/mol. The lowest BCUT2D eigenvalue weighted by Crippen LogP contribution is -2.55. The van der Waals surface area contributed by atoms with Crippen LogP contribution in [0.5, 0.6) is 0 Å². The first-order chi connectivity index (χ1) is 25.7. The largest absolute Gasteiger partial charge is 0.264 e. The van der Waals surface area contributed by atoms with Crippen LogP contribution in [0.25, 0.3) is 67.7 Å². The molecular weight excluding hydrogens is 635 g/mol. The summed E-state index contributed by atoms with van der Waals surface area (Å²) in [5.74, 6) is 5.19. The van der Waals surface area contributed by atoms with E-state index in [2.05, 4.69) is 114 Å². The zero-order valence-corrected chi connectivity index (χ0v) is 28.9. The third kappa shape index (κ3) is 4.58. The Morgan fingerprint density at radius 1 is 0.442 bits per heavy atom. The van der Waals surface area contributed by atoms with Gasteiger partial charge in [0.15, 0.2) is 17.5 Å². The summed E-state index contributed by atoms with van der Waals surface area (Å²) in [5.41, 5.74) is 13.0. The van der Waals surface area contributed by atoms with Gasteiger partial charge in [-0.2, -0.15) is 0 Å². The zero-order valence-electron chi connectivity index (χ0n) is 28.9. The van der Waals surface area contributed by atoms with Crippen LogP contribution in [-0.2, 0) is 5.41 Å². The summed E-state index contributed by atoms with van der Waals surface area (Å²) in [4.78, 5) is 24.7. The van der Waals surface area contributed by atoms with Crippen LogP contribution in [0.4, 0.5) is 0 Å². The van der Waals surface area contributed by atoms with Crippen molar-refractivity contribution in [1.82, 2.24) is 24.9 Å². The van der Waals surface area contributed by atoms with E-state index in [0.717, 1.165) is 45.3 Å². The van der Waals surface area contributed by atoms with Gasteiger partial charge in [0.1, 0.15) is 0 Å². The van der Waals surface area contributed by atoms with Crippen LogP contribution in [-0.4, -0.2) is 24.9 Å². The first-order valence-electron chi connectivity index (χ1n) is 18.7. The molecule has 4 bridgehead atoms. The Morgan fingerprint density at radius 2 is 0.923 bits per heavy atom. The second kappa shape index (κ2) is 11.6. The van der Waals surface area contributed by atoms with Crippen molar-refractivity contribution in [2.24, 2.45) is 23.7 Å². The highest BCUT2D eigenvalue weighted by atomic mass is 15.0. The monoisotopic (exact) mass is 671 g/mol. The summed E-state index contributed by atoms with van der Waals surface area (Å²) in [6.07, 6.45) is 13.1. The highest BCUT2D eigenvalue weighted by Gasteiger charge is 2.61. The average Bonchev–Trinajstić information content (AvgIpc) is 3.50. The summed E-state index contributed by atoms with van der Waals surface area (Å²) in [6.45, 7) is 0. The van der Waals surface area contributed by atoms with Crippen molar-refractivity contribution in [3.05, 3.63) is 151 Å². The molecule has 0 amide bonds. The molecule has 0 N–H and O–H groups in total. The first-order valence-corrected chi connectivity index (χ1v) is 18.7. The maximum absolute atomic E-state index is 5.09. The summed E-state index contributed by atoms with van der Waals surface area (Å²) in [6, 6.07) is 42.4. The number of nitrogens with zero attached hydrogens (tertiary/aromatic N) is 5. The minimum absolute atomic E-state index is 0.0904. The topological polar surface area (TPSA) is 64.5 Å². The average molecular weight is 672 g/mol. The van der Waals surface area contributed by atoms with E-state index >= 15 is 0 Å². The number of hydrogen-bond acceptors (Lipinski definition) is 5. The Bertz CT molecular complexity index is 2430. The minimum atomic E-state index is 0.0904. The van der Waals surface area contributed by atoms with Crippen molar-refractivity contribution in [2.75, 3.05) is 0 Å². The summed E-state index contributed by atoms with van der Waals surface area (Å²) in [7, 11) is 0. The molecule has 7 aromatic rings. The van der Waals surface area contributed by atoms with E-state index in [1.54, 1.807) is 0 Å². The molecule has 52 heavy (non-hydrogen) atoms. The lowest BCUT2D eigenvalue weighted by Gasteiger charge is -2.61. The molecule has 4 aromatic carbocycles. The van der Waals surface area contributed by atoms with Crippen LogP contribution in [0, 0.1) is 23.7 Å². The zero-order chi connectivity index (χ0) is 34.2. The van der Waals surface area contributed by atoms with Crippen molar-refractivity contribution in [3.8, 4) is 67.7 Å². The van der Waals surface area contributed by atoms with Gasteiger partial charge in [-0.25, -0.2) is 15.0 Å². The van der Waals surface area contributed by atoms with Crippen molar-refractivity contribution in [3.63, 3.8) is 0 Å². The molecule has 0 aliphatic heterocycles. The van der Waals surface area contributed by atoms with Gasteiger partial charge in [0, 0.05) is 57.4 Å². The van der Waals surface area contributed by atoms with E-state index in [1.807, 2.05) is 30.5 Å². The molecule has 3 aromatic heterocycles. The molecule has 5 aliphatic rings. The third-order valence-corrected chi connectivity index (χ3v) is 12.7. The van der Waals surface area contributed by atoms with Gasteiger partial charge in [0.25, 0.3) is 0 Å². The van der Waals surface area contributed by atoms with Crippen molar-refractivity contribution in [1.29, 1.82) is 0 Å². The van der Waals surface area contributed by atoms with E-state index in [0.29, 0.717) is 29.3 Å². The number of rotatable bonds is 5. The fourth-order valence-corrected chi connectivity index (χ4v) is 10.7. The van der Waals surface area contributed by atoms with Gasteiger partial charge in [-0.15, -0.1) is 0 Å². The molecular formula is C47H37N5. The quantitative estimate of drug-likeness (QED) is 0.182. The van der Waals surface area contributed by atoms with E-state index in [9.17, 15) is 0 Å². The lowest BCUT2D eigenvalue weighted by atomic mass is 9.43. The lowest BCUT2D eigenvalue weighted by molar-refractivity contribution is -0.0399. The number of aromatic nitrogens is 5. The van der Waals surface area contributed by atoms with E-state index in [1.165, 1.54) is 59.9 Å². The number of benzene rings is 4. The van der Waals surface area contributed by atoms with E-state index < -0.39 is 0 Å². The van der Waals surface area contributed by atoms with Gasteiger partial charge in [-0.05, 0) is 90.2 Å². The van der Waals surface area contributed by atoms with Crippen LogP contribution in [0.3, 0.4) is 0 Å². The molecule has 4 fully saturated rings. The van der Waals surface area contributed by atoms with Crippen LogP contribution >= 0.6 is 0 Å². The molecule has 0 atom stereocenters. The summed E-state index contributed by atoms with van der Waals surface area (Å²) in [5, 5.41) is 0. The van der Waals surface area contributed by atoms with Gasteiger partial charge >= 0.3 is 0 Å². The van der Waals surface area contributed by atoms with Crippen LogP contribution in [0.2, 0.25) is 0 Å². The molecule has 3 heterocycles. The molecule has 5 heteroatoms. The van der Waals surface area contributed by atoms with Gasteiger partial charge in [-0.3, -0.25) is 9.97 Å². The van der Waals surface area contributed by atoms with Crippen LogP contribution < -0.4 is 0 Å². The molecule has 12 rings (SSSR count). The van der Waals surface area contributed by atoms with E-state index in [-0.39, 0.29) is 5.41 Å². The van der Waals surface area contributed by atoms with Gasteiger partial charge in [0.05, 0.1) is 5.69 Å². The normalized spacial score (nSPS) is 23.5.